The molecule has 2 rings (SSSR count). The van der Waals surface area contributed by atoms with Gasteiger partial charge in [0.25, 0.3) is 0 Å². The van der Waals surface area contributed by atoms with Gasteiger partial charge in [-0.05, 0) is 44.0 Å². The minimum Gasteiger partial charge on any atom is -0.261 e. The summed E-state index contributed by atoms with van der Waals surface area (Å²) in [5, 5.41) is 0. The molecule has 0 amide bonds. The van der Waals surface area contributed by atoms with Gasteiger partial charge in [-0.2, -0.15) is 0 Å². The lowest BCUT2D eigenvalue weighted by Gasteiger charge is -2.00. The largest absolute Gasteiger partial charge is 0.261 e. The fourth-order valence-corrected chi connectivity index (χ4v) is 2.33. The van der Waals surface area contributed by atoms with Crippen LogP contribution < -0.4 is 0 Å². The van der Waals surface area contributed by atoms with Crippen LogP contribution in [0.15, 0.2) is 39.7 Å². The minimum absolute atomic E-state index is 0.638. The van der Waals surface area contributed by atoms with Crippen molar-refractivity contribution in [3.8, 4) is 0 Å². The molecular weight excluding hydrogens is 322 g/mol. The average molecular weight is 329 g/mol. The normalized spacial score (nSPS) is 10.3. The van der Waals surface area contributed by atoms with E-state index >= 15 is 0 Å². The topological polar surface area (TPSA) is 38.7 Å². The predicted octanol–water partition coefficient (Wildman–Crippen LogP) is 2.99. The van der Waals surface area contributed by atoms with Gasteiger partial charge in [-0.25, -0.2) is 9.97 Å². The number of aromatic nitrogens is 3. The summed E-state index contributed by atoms with van der Waals surface area (Å²) in [6.45, 7) is 0. The Labute approximate surface area is 104 Å². The number of nitrogens with zero attached hydrogens (tertiary/aromatic N) is 3. The van der Waals surface area contributed by atoms with Gasteiger partial charge in [0.2, 0.25) is 0 Å². The maximum atomic E-state index is 4.26. The number of hydrogen-bond acceptors (Lipinski definition) is 3. The van der Waals surface area contributed by atoms with Crippen LogP contribution in [0.25, 0.3) is 0 Å². The van der Waals surface area contributed by atoms with E-state index in [0.717, 1.165) is 20.7 Å². The molecule has 2 aromatic heterocycles. The molecule has 0 aliphatic carbocycles. The van der Waals surface area contributed by atoms with E-state index in [1.54, 1.807) is 6.20 Å². The monoisotopic (exact) mass is 327 g/mol. The summed E-state index contributed by atoms with van der Waals surface area (Å²) < 4.78 is 1.55. The van der Waals surface area contributed by atoms with Crippen molar-refractivity contribution < 1.29 is 0 Å². The predicted molar refractivity (Wildman–Crippen MR) is 64.5 cm³/mol. The molecule has 0 saturated heterocycles. The molecule has 0 spiro atoms. The molecule has 0 aliphatic rings. The number of halogens is 2. The SMILES string of the molecule is Brc1cc(Br)nc(Cc2ccccn2)n1. The van der Waals surface area contributed by atoms with Crippen molar-refractivity contribution in [3.63, 3.8) is 0 Å². The van der Waals surface area contributed by atoms with E-state index in [1.165, 1.54) is 0 Å². The first-order valence-electron chi connectivity index (χ1n) is 4.33. The molecule has 76 valence electrons. The van der Waals surface area contributed by atoms with E-state index in [-0.39, 0.29) is 0 Å². The van der Waals surface area contributed by atoms with Gasteiger partial charge in [-0.15, -0.1) is 0 Å². The molecule has 0 unspecified atom stereocenters. The van der Waals surface area contributed by atoms with Crippen LogP contribution in [0.4, 0.5) is 0 Å². The van der Waals surface area contributed by atoms with Crippen molar-refractivity contribution in [2.45, 2.75) is 6.42 Å². The number of pyridine rings is 1. The van der Waals surface area contributed by atoms with Crippen LogP contribution in [0.1, 0.15) is 11.5 Å². The molecule has 5 heteroatoms. The molecule has 0 radical (unpaired) electrons. The molecule has 0 bridgehead atoms. The summed E-state index contributed by atoms with van der Waals surface area (Å²) in [6, 6.07) is 7.61. The van der Waals surface area contributed by atoms with Gasteiger partial charge in [-0.3, -0.25) is 4.98 Å². The summed E-state index contributed by atoms with van der Waals surface area (Å²) >= 11 is 6.65. The molecule has 0 fully saturated rings. The molecule has 15 heavy (non-hydrogen) atoms. The standard InChI is InChI=1S/C10H7Br2N3/c11-8-6-9(12)15-10(14-8)5-7-3-1-2-4-13-7/h1-4,6H,5H2. The van der Waals surface area contributed by atoms with Crippen molar-refractivity contribution >= 4 is 31.9 Å². The number of hydrogen-bond donors (Lipinski definition) is 0. The fraction of sp³-hybridized carbons (Fsp3) is 0.100. The van der Waals surface area contributed by atoms with Crippen molar-refractivity contribution in [3.05, 3.63) is 51.2 Å². The summed E-state index contributed by atoms with van der Waals surface area (Å²) in [5.41, 5.74) is 0.961. The zero-order chi connectivity index (χ0) is 10.7. The van der Waals surface area contributed by atoms with Crippen molar-refractivity contribution in [1.29, 1.82) is 0 Å². The lowest BCUT2D eigenvalue weighted by atomic mass is 10.2. The number of rotatable bonds is 2. The molecule has 0 aliphatic heterocycles. The Hall–Kier alpha value is -0.810. The zero-order valence-electron chi connectivity index (χ0n) is 7.69. The smallest absolute Gasteiger partial charge is 0.136 e. The highest BCUT2D eigenvalue weighted by Gasteiger charge is 2.03. The van der Waals surface area contributed by atoms with E-state index in [0.29, 0.717) is 6.42 Å². The van der Waals surface area contributed by atoms with Crippen LogP contribution in [0.5, 0.6) is 0 Å². The maximum Gasteiger partial charge on any atom is 0.136 e. The Balaban J connectivity index is 2.25. The van der Waals surface area contributed by atoms with Crippen LogP contribution in [0.2, 0.25) is 0 Å². The highest BCUT2D eigenvalue weighted by Crippen LogP contribution is 2.14. The van der Waals surface area contributed by atoms with Crippen LogP contribution >= 0.6 is 31.9 Å². The Morgan fingerprint density at radius 2 is 1.80 bits per heavy atom. The van der Waals surface area contributed by atoms with Gasteiger partial charge in [0, 0.05) is 18.0 Å². The molecule has 0 N–H and O–H groups in total. The molecular formula is C10H7Br2N3. The molecule has 0 aromatic carbocycles. The van der Waals surface area contributed by atoms with Crippen molar-refractivity contribution in [2.75, 3.05) is 0 Å². The van der Waals surface area contributed by atoms with E-state index in [9.17, 15) is 0 Å². The van der Waals surface area contributed by atoms with Crippen molar-refractivity contribution in [2.24, 2.45) is 0 Å². The maximum absolute atomic E-state index is 4.26. The van der Waals surface area contributed by atoms with Gasteiger partial charge >= 0.3 is 0 Å². The highest BCUT2D eigenvalue weighted by atomic mass is 79.9. The second-order valence-electron chi connectivity index (χ2n) is 2.93. The zero-order valence-corrected chi connectivity index (χ0v) is 10.9. The average Bonchev–Trinajstić information content (AvgIpc) is 2.17. The first-order chi connectivity index (χ1) is 7.24. The van der Waals surface area contributed by atoms with E-state index < -0.39 is 0 Å². The first kappa shape index (κ1) is 10.7. The van der Waals surface area contributed by atoms with Crippen molar-refractivity contribution in [1.82, 2.24) is 15.0 Å². The van der Waals surface area contributed by atoms with Crippen LogP contribution in [-0.2, 0) is 6.42 Å². The highest BCUT2D eigenvalue weighted by molar-refractivity contribution is 9.11. The Morgan fingerprint density at radius 3 is 2.40 bits per heavy atom. The van der Waals surface area contributed by atoms with E-state index in [4.69, 9.17) is 0 Å². The molecule has 2 heterocycles. The summed E-state index contributed by atoms with van der Waals surface area (Å²) in [4.78, 5) is 12.8. The molecule has 3 nitrogen and oxygen atoms in total. The summed E-state index contributed by atoms with van der Waals surface area (Å²) in [7, 11) is 0. The third-order valence-corrected chi connectivity index (χ3v) is 2.59. The first-order valence-corrected chi connectivity index (χ1v) is 5.91. The third-order valence-electron chi connectivity index (χ3n) is 1.78. The van der Waals surface area contributed by atoms with Gasteiger partial charge in [0.1, 0.15) is 15.0 Å². The van der Waals surface area contributed by atoms with E-state index in [2.05, 4.69) is 46.8 Å². The second-order valence-corrected chi connectivity index (χ2v) is 4.55. The quantitative estimate of drug-likeness (QED) is 0.795. The summed E-state index contributed by atoms with van der Waals surface area (Å²) in [5.74, 6) is 0.745. The van der Waals surface area contributed by atoms with Gasteiger partial charge in [0.05, 0.1) is 6.42 Å². The van der Waals surface area contributed by atoms with Gasteiger partial charge in [-0.1, -0.05) is 6.07 Å². The minimum atomic E-state index is 0.638. The lowest BCUT2D eigenvalue weighted by Crippen LogP contribution is -1.98. The Kier molecular flexibility index (Phi) is 3.43. The van der Waals surface area contributed by atoms with Crippen LogP contribution in [0, 0.1) is 0 Å². The fourth-order valence-electron chi connectivity index (χ4n) is 1.18. The van der Waals surface area contributed by atoms with Gasteiger partial charge in [0.15, 0.2) is 0 Å². The molecule has 0 atom stereocenters. The van der Waals surface area contributed by atoms with E-state index in [1.807, 2.05) is 24.3 Å². The van der Waals surface area contributed by atoms with Crippen LogP contribution in [-0.4, -0.2) is 15.0 Å². The van der Waals surface area contributed by atoms with Crippen LogP contribution in [0.3, 0.4) is 0 Å². The second kappa shape index (κ2) is 4.81. The lowest BCUT2D eigenvalue weighted by molar-refractivity contribution is 0.915. The summed E-state index contributed by atoms with van der Waals surface area (Å²) in [6.07, 6.45) is 2.40. The molecule has 2 aromatic rings. The Morgan fingerprint density at radius 1 is 1.07 bits per heavy atom. The Bertz CT molecular complexity index is 439. The molecule has 0 saturated carbocycles. The third kappa shape index (κ3) is 3.07. The van der Waals surface area contributed by atoms with Gasteiger partial charge < -0.3 is 0 Å².